The van der Waals surface area contributed by atoms with Gasteiger partial charge in [0.2, 0.25) is 10.4 Å². The molecule has 34 heavy (non-hydrogen) atoms. The summed E-state index contributed by atoms with van der Waals surface area (Å²) in [6.07, 6.45) is 32.3. The van der Waals surface area contributed by atoms with E-state index < -0.39 is 10.4 Å². The molecule has 6 heteroatoms. The molecule has 0 amide bonds. The summed E-state index contributed by atoms with van der Waals surface area (Å²) in [6.45, 7) is 4.49. The van der Waals surface area contributed by atoms with Crippen molar-refractivity contribution >= 4 is 10.4 Å². The summed E-state index contributed by atoms with van der Waals surface area (Å²) in [5.74, 6) is 0.0194. The van der Waals surface area contributed by atoms with Crippen molar-refractivity contribution in [3.8, 4) is 0 Å². The molecule has 0 aromatic carbocycles. The molecule has 0 N–H and O–H groups in total. The molecule has 0 rings (SSSR count). The van der Waals surface area contributed by atoms with Gasteiger partial charge >= 0.3 is 29.6 Å². The summed E-state index contributed by atoms with van der Waals surface area (Å²) in [4.78, 5) is 0. The van der Waals surface area contributed by atoms with E-state index in [1.54, 1.807) is 0 Å². The van der Waals surface area contributed by atoms with Crippen molar-refractivity contribution in [3.63, 3.8) is 0 Å². The van der Waals surface area contributed by atoms with Crippen LogP contribution in [0.15, 0.2) is 12.2 Å². The van der Waals surface area contributed by atoms with E-state index in [1.807, 2.05) is 0 Å². The van der Waals surface area contributed by atoms with Crippen molar-refractivity contribution in [2.24, 2.45) is 5.92 Å². The second kappa shape index (κ2) is 28.2. The van der Waals surface area contributed by atoms with Gasteiger partial charge in [0.1, 0.15) is 0 Å². The van der Waals surface area contributed by atoms with Crippen LogP contribution in [-0.2, 0) is 14.6 Å². The van der Waals surface area contributed by atoms with Crippen LogP contribution in [0.5, 0.6) is 0 Å². The SMILES string of the molecule is CCCCCCCCCCCCC/C=C/C(CCCCCCCCCCC)COS(=O)(=O)[O-].[Na+]. The van der Waals surface area contributed by atoms with Gasteiger partial charge in [-0.25, -0.2) is 8.42 Å². The molecule has 0 saturated heterocycles. The Morgan fingerprint density at radius 1 is 0.647 bits per heavy atom. The Kier molecular flexibility index (Phi) is 30.5. The second-order valence-corrected chi connectivity index (χ2v) is 10.9. The predicted molar refractivity (Wildman–Crippen MR) is 141 cm³/mol. The van der Waals surface area contributed by atoms with Crippen LogP contribution in [0.3, 0.4) is 0 Å². The number of rotatable bonds is 26. The summed E-state index contributed by atoms with van der Waals surface area (Å²) >= 11 is 0. The number of unbranched alkanes of at least 4 members (excludes halogenated alkanes) is 19. The molecule has 0 bridgehead atoms. The zero-order chi connectivity index (χ0) is 24.5. The van der Waals surface area contributed by atoms with E-state index in [0.29, 0.717) is 0 Å². The fourth-order valence-corrected chi connectivity index (χ4v) is 4.68. The number of hydrogen-bond acceptors (Lipinski definition) is 4. The van der Waals surface area contributed by atoms with Gasteiger partial charge in [0.15, 0.2) is 0 Å². The Hall–Kier alpha value is 0.610. The molecule has 0 radical (unpaired) electrons. The van der Waals surface area contributed by atoms with Gasteiger partial charge in [-0.15, -0.1) is 0 Å². The summed E-state index contributed by atoms with van der Waals surface area (Å²) in [5, 5.41) is 0. The molecule has 0 aliphatic carbocycles. The summed E-state index contributed by atoms with van der Waals surface area (Å²) < 4.78 is 37.1. The summed E-state index contributed by atoms with van der Waals surface area (Å²) in [7, 11) is -4.61. The van der Waals surface area contributed by atoms with Crippen LogP contribution < -0.4 is 29.6 Å². The molecule has 0 heterocycles. The van der Waals surface area contributed by atoms with Crippen LogP contribution >= 0.6 is 0 Å². The summed E-state index contributed by atoms with van der Waals surface area (Å²) in [6, 6.07) is 0. The maximum absolute atomic E-state index is 10.8. The standard InChI is InChI=1S/C28H56O4S.Na/c1-3-5-7-9-11-13-14-15-16-18-20-22-24-26-28(27-32-33(29,30)31)25-23-21-19-17-12-10-8-6-4-2;/h24,26,28H,3-23,25,27H2,1-2H3,(H,29,30,31);/q;+1/p-1/b26-24+;. The maximum atomic E-state index is 10.8. The van der Waals surface area contributed by atoms with E-state index in [-0.39, 0.29) is 42.1 Å². The van der Waals surface area contributed by atoms with E-state index >= 15 is 0 Å². The third kappa shape index (κ3) is 30.6. The molecule has 198 valence electrons. The number of allylic oxidation sites excluding steroid dienone is 1. The molecule has 0 aromatic rings. The van der Waals surface area contributed by atoms with Gasteiger partial charge in [0.05, 0.1) is 6.61 Å². The zero-order valence-electron chi connectivity index (χ0n) is 23.0. The van der Waals surface area contributed by atoms with Crippen LogP contribution in [-0.4, -0.2) is 19.6 Å². The van der Waals surface area contributed by atoms with E-state index in [1.165, 1.54) is 122 Å². The molecule has 1 unspecified atom stereocenters. The van der Waals surface area contributed by atoms with Crippen LogP contribution in [0.4, 0.5) is 0 Å². The molecule has 0 spiro atoms. The monoisotopic (exact) mass is 510 g/mol. The maximum Gasteiger partial charge on any atom is 1.00 e. The largest absolute Gasteiger partial charge is 1.00 e. The summed E-state index contributed by atoms with van der Waals surface area (Å²) in [5.41, 5.74) is 0. The van der Waals surface area contributed by atoms with Crippen LogP contribution in [0, 0.1) is 5.92 Å². The molecular formula is C28H55NaO4S. The molecule has 0 aliphatic heterocycles. The van der Waals surface area contributed by atoms with Crippen molar-refractivity contribution in [1.82, 2.24) is 0 Å². The zero-order valence-corrected chi connectivity index (χ0v) is 25.9. The van der Waals surface area contributed by atoms with E-state index in [4.69, 9.17) is 0 Å². The van der Waals surface area contributed by atoms with Gasteiger partial charge in [-0.05, 0) is 19.3 Å². The fraction of sp³-hybridized carbons (Fsp3) is 0.929. The molecule has 0 aromatic heterocycles. The Labute approximate surface area is 235 Å². The molecule has 0 fully saturated rings. The number of hydrogen-bond donors (Lipinski definition) is 0. The van der Waals surface area contributed by atoms with Crippen molar-refractivity contribution in [1.29, 1.82) is 0 Å². The topological polar surface area (TPSA) is 66.4 Å². The molecule has 1 atom stereocenters. The first kappa shape index (κ1) is 36.8. The van der Waals surface area contributed by atoms with Crippen LogP contribution in [0.25, 0.3) is 0 Å². The minimum Gasteiger partial charge on any atom is -0.726 e. The van der Waals surface area contributed by atoms with E-state index in [9.17, 15) is 13.0 Å². The van der Waals surface area contributed by atoms with E-state index in [2.05, 4.69) is 30.2 Å². The Balaban J connectivity index is 0. The normalized spacial score (nSPS) is 12.8. The molecule has 4 nitrogen and oxygen atoms in total. The minimum atomic E-state index is -4.61. The third-order valence-electron chi connectivity index (χ3n) is 6.49. The van der Waals surface area contributed by atoms with E-state index in [0.717, 1.165) is 19.3 Å². The first-order chi connectivity index (χ1) is 16.0. The Bertz CT molecular complexity index is 522. The first-order valence-corrected chi connectivity index (χ1v) is 15.6. The molecule has 0 saturated carbocycles. The average molecular weight is 511 g/mol. The van der Waals surface area contributed by atoms with Crippen molar-refractivity contribution < 1.29 is 46.7 Å². The quantitative estimate of drug-likeness (QED) is 0.0453. The van der Waals surface area contributed by atoms with Gasteiger partial charge in [0, 0.05) is 5.92 Å². The van der Waals surface area contributed by atoms with Gasteiger partial charge in [0.25, 0.3) is 0 Å². The third-order valence-corrected chi connectivity index (χ3v) is 6.91. The fourth-order valence-electron chi connectivity index (χ4n) is 4.34. The smallest absolute Gasteiger partial charge is 0.726 e. The minimum absolute atomic E-state index is 0. The van der Waals surface area contributed by atoms with Gasteiger partial charge in [-0.1, -0.05) is 148 Å². The molecule has 0 aliphatic rings. The van der Waals surface area contributed by atoms with Crippen molar-refractivity contribution in [2.45, 2.75) is 155 Å². The Morgan fingerprint density at radius 3 is 1.44 bits per heavy atom. The van der Waals surface area contributed by atoms with Crippen LogP contribution in [0.1, 0.15) is 155 Å². The Morgan fingerprint density at radius 2 is 1.03 bits per heavy atom. The van der Waals surface area contributed by atoms with Gasteiger partial charge < -0.3 is 4.55 Å². The van der Waals surface area contributed by atoms with Gasteiger partial charge in [-0.3, -0.25) is 4.18 Å². The second-order valence-electron chi connectivity index (χ2n) is 9.82. The first-order valence-electron chi connectivity index (χ1n) is 14.3. The molecular weight excluding hydrogens is 455 g/mol. The van der Waals surface area contributed by atoms with Crippen LogP contribution in [0.2, 0.25) is 0 Å². The average Bonchev–Trinajstić information content (AvgIpc) is 2.78. The predicted octanol–water partition coefficient (Wildman–Crippen LogP) is 6.26. The van der Waals surface area contributed by atoms with Gasteiger partial charge in [-0.2, -0.15) is 0 Å². The van der Waals surface area contributed by atoms with Crippen molar-refractivity contribution in [2.75, 3.05) is 6.61 Å². The van der Waals surface area contributed by atoms with Crippen molar-refractivity contribution in [3.05, 3.63) is 12.2 Å².